The maximum atomic E-state index is 10.5. The van der Waals surface area contributed by atoms with Crippen LogP contribution in [0.25, 0.3) is 0 Å². The number of thioether (sulfide) groups is 1. The van der Waals surface area contributed by atoms with Crippen LogP contribution in [0, 0.1) is 0 Å². The van der Waals surface area contributed by atoms with Crippen LogP contribution in [0.15, 0.2) is 47.4 Å². The second-order valence-corrected chi connectivity index (χ2v) is 6.36. The molecule has 0 aromatic heterocycles. The first-order valence-corrected chi connectivity index (χ1v) is 8.58. The minimum Gasteiger partial charge on any atom is -0.299 e. The third-order valence-electron chi connectivity index (χ3n) is 3.28. The second kappa shape index (κ2) is 11.8. The average molecular weight is 290 g/mol. The van der Waals surface area contributed by atoms with E-state index in [1.165, 1.54) is 43.4 Å². The molecule has 0 aliphatic heterocycles. The summed E-state index contributed by atoms with van der Waals surface area (Å²) < 4.78 is 0. The van der Waals surface area contributed by atoms with Crippen molar-refractivity contribution in [3.05, 3.63) is 42.5 Å². The van der Waals surface area contributed by atoms with E-state index in [-0.39, 0.29) is 0 Å². The molecule has 1 nitrogen and oxygen atoms in total. The van der Waals surface area contributed by atoms with Gasteiger partial charge in [0, 0.05) is 10.1 Å². The van der Waals surface area contributed by atoms with Gasteiger partial charge >= 0.3 is 0 Å². The average Bonchev–Trinajstić information content (AvgIpc) is 2.49. The Hall–Kier alpha value is -1.02. The molecule has 0 aliphatic rings. The minimum absolute atomic E-state index is 0.411. The van der Waals surface area contributed by atoms with Gasteiger partial charge in [0.25, 0.3) is 0 Å². The number of aldehydes is 1. The van der Waals surface area contributed by atoms with E-state index in [1.807, 2.05) is 23.9 Å². The molecule has 110 valence electrons. The van der Waals surface area contributed by atoms with E-state index in [0.29, 0.717) is 5.25 Å². The van der Waals surface area contributed by atoms with E-state index in [1.54, 1.807) is 6.08 Å². The van der Waals surface area contributed by atoms with Gasteiger partial charge in [0.2, 0.25) is 0 Å². The highest BCUT2D eigenvalue weighted by Crippen LogP contribution is 2.27. The Morgan fingerprint density at radius 2 is 1.75 bits per heavy atom. The van der Waals surface area contributed by atoms with Gasteiger partial charge in [-0.25, -0.2) is 0 Å². The van der Waals surface area contributed by atoms with Crippen molar-refractivity contribution in [1.29, 1.82) is 0 Å². The number of hydrogen-bond donors (Lipinski definition) is 0. The smallest absolute Gasteiger partial charge is 0.142 e. The van der Waals surface area contributed by atoms with Crippen molar-refractivity contribution in [3.8, 4) is 0 Å². The third kappa shape index (κ3) is 8.21. The van der Waals surface area contributed by atoms with Gasteiger partial charge in [0.15, 0.2) is 0 Å². The molecule has 1 aromatic carbocycles. The number of allylic oxidation sites excluding steroid dienone is 1. The van der Waals surface area contributed by atoms with E-state index < -0.39 is 0 Å². The van der Waals surface area contributed by atoms with Crippen LogP contribution in [0.3, 0.4) is 0 Å². The van der Waals surface area contributed by atoms with E-state index >= 15 is 0 Å². The topological polar surface area (TPSA) is 17.1 Å². The Labute approximate surface area is 127 Å². The first-order chi connectivity index (χ1) is 9.86. The van der Waals surface area contributed by atoms with Crippen molar-refractivity contribution in [3.63, 3.8) is 0 Å². The molecular weight excluding hydrogens is 264 g/mol. The van der Waals surface area contributed by atoms with Crippen molar-refractivity contribution < 1.29 is 4.79 Å². The predicted octanol–water partition coefficient (Wildman–Crippen LogP) is 5.65. The van der Waals surface area contributed by atoms with Gasteiger partial charge < -0.3 is 0 Å². The van der Waals surface area contributed by atoms with Crippen molar-refractivity contribution in [2.45, 2.75) is 62.0 Å². The molecule has 2 heteroatoms. The largest absolute Gasteiger partial charge is 0.299 e. The Morgan fingerprint density at radius 3 is 2.45 bits per heavy atom. The Bertz CT molecular complexity index is 372. The molecule has 0 bridgehead atoms. The summed E-state index contributed by atoms with van der Waals surface area (Å²) in [4.78, 5) is 11.8. The summed E-state index contributed by atoms with van der Waals surface area (Å²) in [6.45, 7) is 2.25. The highest BCUT2D eigenvalue weighted by molar-refractivity contribution is 8.00. The quantitative estimate of drug-likeness (QED) is 0.227. The molecular formula is C18H26OS. The van der Waals surface area contributed by atoms with Crippen LogP contribution in [0.1, 0.15) is 51.9 Å². The molecule has 1 rings (SSSR count). The lowest BCUT2D eigenvalue weighted by Gasteiger charge is -2.12. The zero-order chi connectivity index (χ0) is 14.5. The van der Waals surface area contributed by atoms with Gasteiger partial charge in [0.05, 0.1) is 0 Å². The summed E-state index contributed by atoms with van der Waals surface area (Å²) in [5.74, 6) is 0. The molecule has 0 spiro atoms. The van der Waals surface area contributed by atoms with E-state index in [2.05, 4.69) is 31.2 Å². The lowest BCUT2D eigenvalue weighted by Crippen LogP contribution is -1.98. The van der Waals surface area contributed by atoms with E-state index in [9.17, 15) is 4.79 Å². The summed E-state index contributed by atoms with van der Waals surface area (Å²) in [6.07, 6.45) is 13.6. The molecule has 0 N–H and O–H groups in total. The van der Waals surface area contributed by atoms with Crippen LogP contribution in [0.2, 0.25) is 0 Å². The molecule has 0 amide bonds. The molecule has 0 saturated heterocycles. The van der Waals surface area contributed by atoms with Gasteiger partial charge in [-0.15, -0.1) is 11.8 Å². The molecule has 0 saturated carbocycles. The Kier molecular flexibility index (Phi) is 10.0. The van der Waals surface area contributed by atoms with Gasteiger partial charge in [-0.2, -0.15) is 0 Å². The Balaban J connectivity index is 2.32. The molecule has 1 atom stereocenters. The number of unbranched alkanes of at least 4 members (excludes halogenated alkanes) is 5. The van der Waals surface area contributed by atoms with Crippen LogP contribution < -0.4 is 0 Å². The van der Waals surface area contributed by atoms with Crippen LogP contribution in [0.4, 0.5) is 0 Å². The summed E-state index contributed by atoms with van der Waals surface area (Å²) >= 11 is 1.85. The van der Waals surface area contributed by atoms with Crippen LogP contribution in [-0.2, 0) is 4.79 Å². The number of hydrogen-bond acceptors (Lipinski definition) is 2. The monoisotopic (exact) mass is 290 g/mol. The Morgan fingerprint density at radius 1 is 1.05 bits per heavy atom. The lowest BCUT2D eigenvalue weighted by atomic mass is 10.1. The number of rotatable bonds is 11. The second-order valence-electron chi connectivity index (χ2n) is 5.05. The van der Waals surface area contributed by atoms with Gasteiger partial charge in [0.1, 0.15) is 6.29 Å². The molecule has 0 aliphatic carbocycles. The van der Waals surface area contributed by atoms with Crippen molar-refractivity contribution in [1.82, 2.24) is 0 Å². The summed E-state index contributed by atoms with van der Waals surface area (Å²) in [6, 6.07) is 10.4. The fraction of sp³-hybridized carbons (Fsp3) is 0.500. The van der Waals surface area contributed by atoms with Crippen LogP contribution >= 0.6 is 11.8 Å². The fourth-order valence-electron chi connectivity index (χ4n) is 2.16. The molecule has 20 heavy (non-hydrogen) atoms. The maximum absolute atomic E-state index is 10.5. The first-order valence-electron chi connectivity index (χ1n) is 7.70. The normalized spacial score (nSPS) is 12.7. The minimum atomic E-state index is 0.411. The maximum Gasteiger partial charge on any atom is 0.142 e. The van der Waals surface area contributed by atoms with Crippen molar-refractivity contribution in [2.24, 2.45) is 0 Å². The van der Waals surface area contributed by atoms with Gasteiger partial charge in [-0.1, -0.05) is 69.7 Å². The van der Waals surface area contributed by atoms with Crippen LogP contribution in [-0.4, -0.2) is 11.5 Å². The van der Waals surface area contributed by atoms with E-state index in [0.717, 1.165) is 12.7 Å². The summed E-state index contributed by atoms with van der Waals surface area (Å²) in [7, 11) is 0. The van der Waals surface area contributed by atoms with Crippen molar-refractivity contribution >= 4 is 18.0 Å². The summed E-state index contributed by atoms with van der Waals surface area (Å²) in [5, 5.41) is 0.411. The summed E-state index contributed by atoms with van der Waals surface area (Å²) in [5.41, 5.74) is 0. The number of carbonyl (C=O) groups excluding carboxylic acids is 1. The number of carbonyl (C=O) groups is 1. The van der Waals surface area contributed by atoms with Crippen molar-refractivity contribution in [2.75, 3.05) is 0 Å². The molecule has 0 heterocycles. The third-order valence-corrected chi connectivity index (χ3v) is 4.52. The zero-order valence-corrected chi connectivity index (χ0v) is 13.3. The molecule has 0 radical (unpaired) electrons. The first kappa shape index (κ1) is 17.0. The molecule has 1 aromatic rings. The molecule has 0 fully saturated rings. The standard InChI is InChI=1S/C18H26OS/c1-2-3-4-5-6-8-12-18(15-11-16-19)20-17-13-9-7-10-14-17/h7,9-11,13-16,18H,2-6,8,12H2,1H3/b15-11+. The zero-order valence-electron chi connectivity index (χ0n) is 12.5. The van der Waals surface area contributed by atoms with Crippen LogP contribution in [0.5, 0.6) is 0 Å². The van der Waals surface area contributed by atoms with E-state index in [4.69, 9.17) is 0 Å². The van der Waals surface area contributed by atoms with Gasteiger partial charge in [-0.3, -0.25) is 4.79 Å². The van der Waals surface area contributed by atoms with Gasteiger partial charge in [-0.05, 0) is 24.6 Å². The number of benzene rings is 1. The predicted molar refractivity (Wildman–Crippen MR) is 89.3 cm³/mol. The molecule has 1 unspecified atom stereocenters. The highest BCUT2D eigenvalue weighted by Gasteiger charge is 2.06. The lowest BCUT2D eigenvalue weighted by molar-refractivity contribution is -0.104. The SMILES string of the molecule is CCCCCCCCC(/C=C/C=O)Sc1ccccc1. The fourth-order valence-corrected chi connectivity index (χ4v) is 3.28. The highest BCUT2D eigenvalue weighted by atomic mass is 32.2.